The molecule has 0 aliphatic rings. The highest BCUT2D eigenvalue weighted by Crippen LogP contribution is 2.19. The molecule has 0 bridgehead atoms. The fraction of sp³-hybridized carbons (Fsp3) is 0.500. The average Bonchev–Trinajstić information content (AvgIpc) is 2.98. The van der Waals surface area contributed by atoms with Crippen molar-refractivity contribution in [1.82, 2.24) is 15.0 Å². The number of ketones is 1. The predicted octanol–water partition coefficient (Wildman–Crippen LogP) is 3.60. The van der Waals surface area contributed by atoms with Gasteiger partial charge in [0.15, 0.2) is 0 Å². The summed E-state index contributed by atoms with van der Waals surface area (Å²) in [6.07, 6.45) is 2.31. The number of Topliss-reactive ketones (excluding diaryl/α,β-unsaturated/α-hetero) is 1. The van der Waals surface area contributed by atoms with E-state index in [0.29, 0.717) is 25.5 Å². The van der Waals surface area contributed by atoms with Crippen molar-refractivity contribution in [3.8, 4) is 5.75 Å². The molecule has 0 saturated heterocycles. The maximum atomic E-state index is 11.6. The van der Waals surface area contributed by atoms with Gasteiger partial charge in [-0.25, -0.2) is 0 Å². The molecule has 2 aromatic rings. The number of rotatable bonds is 8. The Labute approximate surface area is 137 Å². The largest absolute Gasteiger partial charge is 0.487 e. The van der Waals surface area contributed by atoms with Gasteiger partial charge in [0.1, 0.15) is 23.8 Å². The Balaban J connectivity index is 1.83. The Morgan fingerprint density at radius 1 is 1.17 bits per heavy atom. The molecule has 0 aliphatic carbocycles. The van der Waals surface area contributed by atoms with Crippen LogP contribution >= 0.6 is 0 Å². The summed E-state index contributed by atoms with van der Waals surface area (Å²) >= 11 is 0. The maximum Gasteiger partial charge on any atom is 0.137 e. The topological polar surface area (TPSA) is 57.0 Å². The first kappa shape index (κ1) is 17.2. The van der Waals surface area contributed by atoms with Gasteiger partial charge in [-0.15, -0.1) is 5.10 Å². The highest BCUT2D eigenvalue weighted by molar-refractivity contribution is 5.80. The molecule has 0 N–H and O–H groups in total. The quantitative estimate of drug-likeness (QED) is 0.747. The molecule has 1 heterocycles. The molecule has 0 saturated carbocycles. The van der Waals surface area contributed by atoms with Crippen LogP contribution in [0.5, 0.6) is 5.75 Å². The zero-order valence-electron chi connectivity index (χ0n) is 14.3. The monoisotopic (exact) mass is 315 g/mol. The molecule has 0 fully saturated rings. The first-order valence-corrected chi connectivity index (χ1v) is 8.10. The van der Waals surface area contributed by atoms with Crippen molar-refractivity contribution in [2.24, 2.45) is 5.92 Å². The lowest BCUT2D eigenvalue weighted by atomic mass is 10.0. The van der Waals surface area contributed by atoms with E-state index in [1.54, 1.807) is 4.68 Å². The molecule has 124 valence electrons. The third-order valence-electron chi connectivity index (χ3n) is 3.75. The number of hydrogen-bond acceptors (Lipinski definition) is 4. The van der Waals surface area contributed by atoms with Crippen LogP contribution in [-0.4, -0.2) is 20.8 Å². The van der Waals surface area contributed by atoms with E-state index in [-0.39, 0.29) is 11.7 Å². The van der Waals surface area contributed by atoms with Crippen LogP contribution in [0.1, 0.15) is 51.3 Å². The summed E-state index contributed by atoms with van der Waals surface area (Å²) in [5.41, 5.74) is 2.05. The van der Waals surface area contributed by atoms with Crippen molar-refractivity contribution >= 4 is 5.78 Å². The number of benzene rings is 1. The number of carbonyl (C=O) groups is 1. The van der Waals surface area contributed by atoms with E-state index < -0.39 is 0 Å². The molecule has 0 amide bonds. The minimum Gasteiger partial charge on any atom is -0.487 e. The minimum atomic E-state index is 0.0649. The normalized spacial score (nSPS) is 11.2. The van der Waals surface area contributed by atoms with E-state index in [1.807, 2.05) is 32.2 Å². The van der Waals surface area contributed by atoms with Gasteiger partial charge >= 0.3 is 0 Å². The summed E-state index contributed by atoms with van der Waals surface area (Å²) in [6.45, 7) is 9.09. The third-order valence-corrected chi connectivity index (χ3v) is 3.75. The number of hydrogen-bond donors (Lipinski definition) is 0. The molecule has 5 nitrogen and oxygen atoms in total. The van der Waals surface area contributed by atoms with Crippen LogP contribution in [0, 0.1) is 5.92 Å². The van der Waals surface area contributed by atoms with Crippen LogP contribution in [0.2, 0.25) is 0 Å². The van der Waals surface area contributed by atoms with Gasteiger partial charge in [-0.05, 0) is 23.6 Å². The van der Waals surface area contributed by atoms with Gasteiger partial charge in [0.25, 0.3) is 0 Å². The van der Waals surface area contributed by atoms with E-state index >= 15 is 0 Å². The zero-order chi connectivity index (χ0) is 16.8. The molecule has 0 radical (unpaired) electrons. The molecule has 2 rings (SSSR count). The fourth-order valence-electron chi connectivity index (χ4n) is 2.13. The predicted molar refractivity (Wildman–Crippen MR) is 89.3 cm³/mol. The van der Waals surface area contributed by atoms with Crippen LogP contribution in [-0.2, 0) is 17.9 Å². The van der Waals surface area contributed by atoms with E-state index in [4.69, 9.17) is 4.74 Å². The summed E-state index contributed by atoms with van der Waals surface area (Å²) in [6, 6.07) is 8.10. The highest BCUT2D eigenvalue weighted by atomic mass is 16.5. The molecule has 5 heteroatoms. The molecule has 23 heavy (non-hydrogen) atoms. The number of carbonyl (C=O) groups excluding carboxylic acids is 1. The zero-order valence-corrected chi connectivity index (χ0v) is 14.3. The van der Waals surface area contributed by atoms with Crippen molar-refractivity contribution < 1.29 is 9.53 Å². The van der Waals surface area contributed by atoms with Gasteiger partial charge in [-0.3, -0.25) is 9.48 Å². The molecular formula is C18H25N3O2. The Bertz CT molecular complexity index is 630. The number of aromatic nitrogens is 3. The van der Waals surface area contributed by atoms with Gasteiger partial charge in [0.2, 0.25) is 0 Å². The number of ether oxygens (including phenoxy) is 1. The maximum absolute atomic E-state index is 11.6. The Kier molecular flexibility index (Phi) is 5.90. The second kappa shape index (κ2) is 7.90. The smallest absolute Gasteiger partial charge is 0.137 e. The molecule has 0 unspecified atom stereocenters. The fourth-order valence-corrected chi connectivity index (χ4v) is 2.13. The van der Waals surface area contributed by atoms with Gasteiger partial charge in [0.05, 0.1) is 6.20 Å². The van der Waals surface area contributed by atoms with Crippen molar-refractivity contribution in [3.05, 3.63) is 41.7 Å². The van der Waals surface area contributed by atoms with Crippen molar-refractivity contribution in [2.45, 2.75) is 53.2 Å². The van der Waals surface area contributed by atoms with Crippen LogP contribution in [0.3, 0.4) is 0 Å². The lowest BCUT2D eigenvalue weighted by molar-refractivity contribution is -0.122. The lowest BCUT2D eigenvalue weighted by Crippen LogP contribution is -2.11. The summed E-state index contributed by atoms with van der Waals surface area (Å²) in [5, 5.41) is 8.11. The lowest BCUT2D eigenvalue weighted by Gasteiger charge is -2.07. The first-order chi connectivity index (χ1) is 11.0. The van der Waals surface area contributed by atoms with Crippen molar-refractivity contribution in [1.29, 1.82) is 0 Å². The van der Waals surface area contributed by atoms with E-state index in [2.05, 4.69) is 36.3 Å². The third kappa shape index (κ3) is 5.20. The van der Waals surface area contributed by atoms with E-state index in [1.165, 1.54) is 5.56 Å². The van der Waals surface area contributed by atoms with E-state index in [0.717, 1.165) is 11.4 Å². The minimum absolute atomic E-state index is 0.0649. The van der Waals surface area contributed by atoms with Crippen LogP contribution in [0.15, 0.2) is 30.5 Å². The summed E-state index contributed by atoms with van der Waals surface area (Å²) in [7, 11) is 0. The van der Waals surface area contributed by atoms with Crippen molar-refractivity contribution in [2.75, 3.05) is 0 Å². The van der Waals surface area contributed by atoms with Gasteiger partial charge in [-0.1, -0.05) is 45.0 Å². The molecule has 1 aromatic carbocycles. The Morgan fingerprint density at radius 2 is 1.87 bits per heavy atom. The van der Waals surface area contributed by atoms with Gasteiger partial charge in [0, 0.05) is 18.9 Å². The Morgan fingerprint density at radius 3 is 2.48 bits per heavy atom. The highest BCUT2D eigenvalue weighted by Gasteiger charge is 2.08. The summed E-state index contributed by atoms with van der Waals surface area (Å²) in [4.78, 5) is 11.6. The Hall–Kier alpha value is -2.17. The molecular weight excluding hydrogens is 290 g/mol. The second-order valence-electron chi connectivity index (χ2n) is 6.36. The first-order valence-electron chi connectivity index (χ1n) is 8.10. The number of nitrogens with zero attached hydrogens (tertiary/aromatic N) is 3. The molecule has 1 aromatic heterocycles. The number of aryl methyl sites for hydroxylation is 1. The molecule has 0 atom stereocenters. The summed E-state index contributed by atoms with van der Waals surface area (Å²) in [5.74, 6) is 1.63. The van der Waals surface area contributed by atoms with E-state index in [9.17, 15) is 4.79 Å². The van der Waals surface area contributed by atoms with Crippen LogP contribution in [0.4, 0.5) is 0 Å². The SMILES string of the molecule is CC(C)C(=O)CCn1cc(COc2ccc(C(C)C)cc2)nn1. The van der Waals surface area contributed by atoms with Gasteiger partial charge < -0.3 is 4.74 Å². The second-order valence-corrected chi connectivity index (χ2v) is 6.36. The van der Waals surface area contributed by atoms with Crippen molar-refractivity contribution in [3.63, 3.8) is 0 Å². The average molecular weight is 315 g/mol. The van der Waals surface area contributed by atoms with Gasteiger partial charge in [-0.2, -0.15) is 0 Å². The molecule has 0 spiro atoms. The standard InChI is InChI=1S/C18H25N3O2/c1-13(2)15-5-7-17(8-6-15)23-12-16-11-21(20-19-16)10-9-18(22)14(3)4/h5-8,11,13-14H,9-10,12H2,1-4H3. The van der Waals surface area contributed by atoms with Crippen LogP contribution in [0.25, 0.3) is 0 Å². The summed E-state index contributed by atoms with van der Waals surface area (Å²) < 4.78 is 7.42. The molecule has 0 aliphatic heterocycles. The van der Waals surface area contributed by atoms with Crippen LogP contribution < -0.4 is 4.74 Å².